The predicted octanol–water partition coefficient (Wildman–Crippen LogP) is 4.99. The van der Waals surface area contributed by atoms with E-state index in [1.165, 1.54) is 44.1 Å². The second kappa shape index (κ2) is 6.90. The Balaban J connectivity index is 1.14. The van der Waals surface area contributed by atoms with Gasteiger partial charge in [-0.2, -0.15) is 0 Å². The zero-order valence-corrected chi connectivity index (χ0v) is 16.7. The summed E-state index contributed by atoms with van der Waals surface area (Å²) < 4.78 is 1.02. The van der Waals surface area contributed by atoms with Gasteiger partial charge in [0.05, 0.1) is 11.4 Å². The van der Waals surface area contributed by atoms with E-state index in [0.29, 0.717) is 11.2 Å². The zero-order chi connectivity index (χ0) is 17.6. The van der Waals surface area contributed by atoms with Crippen LogP contribution in [0.1, 0.15) is 44.1 Å². The van der Waals surface area contributed by atoms with E-state index in [1.807, 2.05) is 6.07 Å². The number of nitrogens with zero attached hydrogens (tertiary/aromatic N) is 1. The molecule has 1 aromatic rings. The summed E-state index contributed by atoms with van der Waals surface area (Å²) in [6.45, 7) is 0.901. The number of aliphatic imine (C=N–C) groups is 1. The third kappa shape index (κ3) is 3.45. The molecular weight excluding hydrogens is 360 g/mol. The number of fused-ring (bicyclic) bond motifs is 1. The van der Waals surface area contributed by atoms with Gasteiger partial charge < -0.3 is 5.32 Å². The fourth-order valence-electron chi connectivity index (χ4n) is 6.06. The van der Waals surface area contributed by atoms with Gasteiger partial charge in [-0.3, -0.25) is 4.79 Å². The van der Waals surface area contributed by atoms with Crippen LogP contribution >= 0.6 is 23.5 Å². The van der Waals surface area contributed by atoms with Crippen LogP contribution in [0, 0.1) is 23.2 Å². The van der Waals surface area contributed by atoms with Gasteiger partial charge in [0.25, 0.3) is 0 Å². The predicted molar refractivity (Wildman–Crippen MR) is 111 cm³/mol. The molecule has 0 unspecified atom stereocenters. The molecule has 4 aliphatic carbocycles. The molecule has 0 saturated heterocycles. The Bertz CT molecular complexity index is 710. The number of carbonyl (C=O) groups excluding carboxylic acids is 1. The fraction of sp³-hybridized carbons (Fsp3) is 0.619. The highest BCUT2D eigenvalue weighted by Crippen LogP contribution is 2.59. The van der Waals surface area contributed by atoms with E-state index in [4.69, 9.17) is 4.99 Å². The number of hydrogen-bond acceptors (Lipinski definition) is 4. The molecule has 5 heteroatoms. The molecule has 1 heterocycles. The van der Waals surface area contributed by atoms with Crippen LogP contribution in [0.3, 0.4) is 0 Å². The average molecular weight is 387 g/mol. The van der Waals surface area contributed by atoms with Crippen LogP contribution in [-0.2, 0) is 10.5 Å². The first kappa shape index (κ1) is 17.2. The molecule has 138 valence electrons. The molecule has 5 aliphatic rings. The smallest absolute Gasteiger partial charge is 0.230 e. The lowest BCUT2D eigenvalue weighted by molar-refractivity contribution is -0.120. The van der Waals surface area contributed by atoms with Crippen LogP contribution in [0.4, 0.5) is 5.69 Å². The van der Waals surface area contributed by atoms with Crippen molar-refractivity contribution in [2.24, 2.45) is 28.2 Å². The molecule has 3 nitrogen and oxygen atoms in total. The number of nitrogens with one attached hydrogen (secondary N) is 1. The summed E-state index contributed by atoms with van der Waals surface area (Å²) in [5.74, 6) is 4.45. The van der Waals surface area contributed by atoms with E-state index in [9.17, 15) is 4.79 Å². The lowest BCUT2D eigenvalue weighted by Gasteiger charge is -2.56. The van der Waals surface area contributed by atoms with Gasteiger partial charge in [0.15, 0.2) is 0 Å². The van der Waals surface area contributed by atoms with Crippen LogP contribution < -0.4 is 5.32 Å². The maximum absolute atomic E-state index is 12.4. The largest absolute Gasteiger partial charge is 0.355 e. The molecule has 4 bridgehead atoms. The monoisotopic (exact) mass is 386 g/mol. The number of amides is 1. The first-order valence-electron chi connectivity index (χ1n) is 9.86. The Kier molecular flexibility index (Phi) is 4.56. The lowest BCUT2D eigenvalue weighted by Crippen LogP contribution is -2.51. The van der Waals surface area contributed by atoms with E-state index < -0.39 is 0 Å². The second-order valence-electron chi connectivity index (χ2n) is 8.78. The van der Waals surface area contributed by atoms with Crippen LogP contribution in [0.5, 0.6) is 0 Å². The summed E-state index contributed by atoms with van der Waals surface area (Å²) in [6, 6.07) is 8.28. The van der Waals surface area contributed by atoms with Crippen molar-refractivity contribution in [3.8, 4) is 0 Å². The summed E-state index contributed by atoms with van der Waals surface area (Å²) in [7, 11) is 0. The topological polar surface area (TPSA) is 41.5 Å². The Morgan fingerprint density at radius 1 is 1.15 bits per heavy atom. The zero-order valence-electron chi connectivity index (χ0n) is 15.1. The highest BCUT2D eigenvalue weighted by Gasteiger charge is 2.50. The minimum Gasteiger partial charge on any atom is -0.355 e. The van der Waals surface area contributed by atoms with Gasteiger partial charge in [-0.1, -0.05) is 41.7 Å². The normalized spacial score (nSPS) is 34.3. The van der Waals surface area contributed by atoms with Gasteiger partial charge in [0, 0.05) is 12.3 Å². The summed E-state index contributed by atoms with van der Waals surface area (Å²) in [5, 5.41) is 3.27. The van der Waals surface area contributed by atoms with Crippen LogP contribution in [0.2, 0.25) is 0 Å². The molecule has 0 spiro atoms. The summed E-state index contributed by atoms with van der Waals surface area (Å²) in [6.07, 6.45) is 8.44. The van der Waals surface area contributed by atoms with Crippen LogP contribution in [-0.4, -0.2) is 22.6 Å². The molecular formula is C21H26N2OS2. The molecule has 4 fully saturated rings. The molecule has 0 atom stereocenters. The van der Waals surface area contributed by atoms with E-state index >= 15 is 0 Å². The number of hydrogen-bond donors (Lipinski definition) is 1. The highest BCUT2D eigenvalue weighted by atomic mass is 32.2. The number of thioether (sulfide) groups is 2. The molecule has 1 aromatic carbocycles. The molecule has 0 aromatic heterocycles. The first-order valence-corrected chi connectivity index (χ1v) is 11.8. The van der Waals surface area contributed by atoms with Gasteiger partial charge in [-0.15, -0.1) is 0 Å². The summed E-state index contributed by atoms with van der Waals surface area (Å²) in [4.78, 5) is 17.1. The Labute approximate surface area is 164 Å². The SMILES string of the molecule is O=C(CSC1=Nc2ccccc2CS1)NCC12CC3CC(CC(C3)C1)C2. The molecule has 1 N–H and O–H groups in total. The Morgan fingerprint density at radius 3 is 2.58 bits per heavy atom. The van der Waals surface area contributed by atoms with Crippen molar-refractivity contribution in [2.75, 3.05) is 12.3 Å². The third-order valence-electron chi connectivity index (χ3n) is 6.71. The second-order valence-corrected chi connectivity index (χ2v) is 11.0. The Morgan fingerprint density at radius 2 is 1.85 bits per heavy atom. The minimum absolute atomic E-state index is 0.174. The standard InChI is InChI=1S/C21H26N2OS2/c24-19(12-26-20-23-18-4-2-1-3-17(18)11-25-20)22-13-21-8-14-5-15(9-21)7-16(6-14)10-21/h1-4,14-16H,5-13H2,(H,22,24). The van der Waals surface area contributed by atoms with Gasteiger partial charge in [-0.25, -0.2) is 4.99 Å². The Hall–Kier alpha value is -0.940. The van der Waals surface area contributed by atoms with Crippen molar-refractivity contribution >= 4 is 39.5 Å². The van der Waals surface area contributed by atoms with E-state index in [1.54, 1.807) is 23.5 Å². The fourth-order valence-corrected chi connectivity index (χ4v) is 7.95. The van der Waals surface area contributed by atoms with Gasteiger partial charge in [0.1, 0.15) is 4.38 Å². The van der Waals surface area contributed by atoms with Gasteiger partial charge >= 0.3 is 0 Å². The molecule has 1 amide bonds. The number of rotatable bonds is 4. The molecule has 0 radical (unpaired) electrons. The molecule has 4 saturated carbocycles. The maximum Gasteiger partial charge on any atom is 0.230 e. The van der Waals surface area contributed by atoms with Crippen molar-refractivity contribution in [3.63, 3.8) is 0 Å². The quantitative estimate of drug-likeness (QED) is 0.793. The summed E-state index contributed by atoms with van der Waals surface area (Å²) in [5.41, 5.74) is 2.77. The van der Waals surface area contributed by atoms with E-state index in [0.717, 1.165) is 40.1 Å². The van der Waals surface area contributed by atoms with Crippen LogP contribution in [0.15, 0.2) is 29.3 Å². The highest BCUT2D eigenvalue weighted by molar-refractivity contribution is 8.38. The van der Waals surface area contributed by atoms with Crippen molar-refractivity contribution < 1.29 is 4.79 Å². The van der Waals surface area contributed by atoms with Crippen molar-refractivity contribution in [2.45, 2.75) is 44.3 Å². The third-order valence-corrected chi connectivity index (χ3v) is 8.95. The van der Waals surface area contributed by atoms with E-state index in [-0.39, 0.29) is 5.91 Å². The maximum atomic E-state index is 12.4. The van der Waals surface area contributed by atoms with Crippen LogP contribution in [0.25, 0.3) is 0 Å². The average Bonchev–Trinajstić information content (AvgIpc) is 2.63. The summed E-state index contributed by atoms with van der Waals surface area (Å²) >= 11 is 3.33. The number of para-hydroxylation sites is 1. The molecule has 6 rings (SSSR count). The molecule has 26 heavy (non-hydrogen) atoms. The van der Waals surface area contributed by atoms with Crippen molar-refractivity contribution in [3.05, 3.63) is 29.8 Å². The van der Waals surface area contributed by atoms with Crippen molar-refractivity contribution in [1.29, 1.82) is 0 Å². The first-order chi connectivity index (χ1) is 12.7. The van der Waals surface area contributed by atoms with Gasteiger partial charge in [0.2, 0.25) is 5.91 Å². The molecule has 1 aliphatic heterocycles. The number of carbonyl (C=O) groups is 1. The van der Waals surface area contributed by atoms with Crippen molar-refractivity contribution in [1.82, 2.24) is 5.32 Å². The minimum atomic E-state index is 0.174. The van der Waals surface area contributed by atoms with E-state index in [2.05, 4.69) is 23.5 Å². The van der Waals surface area contributed by atoms with Gasteiger partial charge in [-0.05, 0) is 73.3 Å². The number of benzene rings is 1. The lowest BCUT2D eigenvalue weighted by atomic mass is 9.49.